The first-order valence-electron chi connectivity index (χ1n) is 6.48. The summed E-state index contributed by atoms with van der Waals surface area (Å²) in [6, 6.07) is 6.58. The van der Waals surface area contributed by atoms with Crippen LogP contribution in [-0.2, 0) is 12.7 Å². The molecule has 2 rings (SSSR count). The Bertz CT molecular complexity index is 650. The minimum atomic E-state index is -4.38. The Kier molecular flexibility index (Phi) is 4.26. The third kappa shape index (κ3) is 3.21. The summed E-state index contributed by atoms with van der Waals surface area (Å²) in [5.74, 6) is 0. The summed E-state index contributed by atoms with van der Waals surface area (Å²) in [5.41, 5.74) is 0.350. The highest BCUT2D eigenvalue weighted by Gasteiger charge is 2.30. The minimum Gasteiger partial charge on any atom is -0.243 e. The first-order chi connectivity index (χ1) is 9.97. The van der Waals surface area contributed by atoms with E-state index < -0.39 is 11.7 Å². The molecule has 0 spiro atoms. The highest BCUT2D eigenvalue weighted by molar-refractivity contribution is 5.65. The van der Waals surface area contributed by atoms with Gasteiger partial charge in [0, 0.05) is 12.1 Å². The molecular formula is C14H13F3N4. The molecule has 1 aromatic carbocycles. The minimum absolute atomic E-state index is 0.117. The lowest BCUT2D eigenvalue weighted by molar-refractivity contribution is -0.137. The van der Waals surface area contributed by atoms with Crippen molar-refractivity contribution in [3.8, 4) is 17.3 Å². The number of halogens is 3. The topological polar surface area (TPSA) is 54.5 Å². The van der Waals surface area contributed by atoms with Gasteiger partial charge in [-0.15, -0.1) is 5.10 Å². The molecule has 1 aromatic heterocycles. The number of hydrogen-bond donors (Lipinski definition) is 0. The molecule has 0 bridgehead atoms. The molecule has 0 saturated heterocycles. The lowest BCUT2D eigenvalue weighted by atomic mass is 10.1. The third-order valence-corrected chi connectivity index (χ3v) is 3.05. The van der Waals surface area contributed by atoms with Crippen LogP contribution in [-0.4, -0.2) is 15.0 Å². The molecule has 0 aliphatic heterocycles. The summed E-state index contributed by atoms with van der Waals surface area (Å²) in [6.45, 7) is 2.58. The van der Waals surface area contributed by atoms with Crippen LogP contribution < -0.4 is 0 Å². The van der Waals surface area contributed by atoms with Crippen molar-refractivity contribution in [2.45, 2.75) is 32.5 Å². The number of unbranched alkanes of at least 4 members (excludes halogenated alkanes) is 1. The number of hydrogen-bond acceptors (Lipinski definition) is 3. The fourth-order valence-electron chi connectivity index (χ4n) is 1.96. The molecule has 0 atom stereocenters. The summed E-state index contributed by atoms with van der Waals surface area (Å²) in [6.07, 6.45) is -2.59. The van der Waals surface area contributed by atoms with Gasteiger partial charge in [0.1, 0.15) is 11.8 Å². The molecule has 0 N–H and O–H groups in total. The molecular weight excluding hydrogens is 281 g/mol. The highest BCUT2D eigenvalue weighted by Crippen LogP contribution is 2.31. The second-order valence-corrected chi connectivity index (χ2v) is 4.55. The largest absolute Gasteiger partial charge is 0.416 e. The van der Waals surface area contributed by atoms with Crippen LogP contribution in [0.2, 0.25) is 0 Å². The molecule has 7 heteroatoms. The number of aryl methyl sites for hydroxylation is 1. The molecule has 4 nitrogen and oxygen atoms in total. The van der Waals surface area contributed by atoms with Crippen molar-refractivity contribution in [1.29, 1.82) is 5.26 Å². The van der Waals surface area contributed by atoms with Crippen molar-refractivity contribution in [3.05, 3.63) is 35.5 Å². The standard InChI is InChI=1S/C14H13F3N4/c1-2-3-8-21-13(12(9-18)19-20-21)10-4-6-11(7-5-10)14(15,16)17/h4-7H,2-3,8H2,1H3. The molecule has 0 aliphatic carbocycles. The van der Waals surface area contributed by atoms with E-state index in [0.29, 0.717) is 17.8 Å². The van der Waals surface area contributed by atoms with E-state index in [1.165, 1.54) is 12.1 Å². The molecule has 0 radical (unpaired) electrons. The quantitative estimate of drug-likeness (QED) is 0.865. The van der Waals surface area contributed by atoms with Gasteiger partial charge in [0.05, 0.1) is 5.56 Å². The number of aromatic nitrogens is 3. The highest BCUT2D eigenvalue weighted by atomic mass is 19.4. The Balaban J connectivity index is 2.41. The van der Waals surface area contributed by atoms with Crippen molar-refractivity contribution in [2.24, 2.45) is 0 Å². The van der Waals surface area contributed by atoms with Crippen molar-refractivity contribution < 1.29 is 13.2 Å². The van der Waals surface area contributed by atoms with E-state index in [9.17, 15) is 13.2 Å². The predicted octanol–water partition coefficient (Wildman–Crippen LogP) is 3.64. The fraction of sp³-hybridized carbons (Fsp3) is 0.357. The SMILES string of the molecule is CCCCn1nnc(C#N)c1-c1ccc(C(F)(F)F)cc1. The zero-order valence-corrected chi connectivity index (χ0v) is 11.4. The van der Waals surface area contributed by atoms with Crippen molar-refractivity contribution >= 4 is 0 Å². The van der Waals surface area contributed by atoms with Gasteiger partial charge in [0.15, 0.2) is 5.69 Å². The van der Waals surface area contributed by atoms with E-state index in [0.717, 1.165) is 25.0 Å². The van der Waals surface area contributed by atoms with Crippen LogP contribution in [0.1, 0.15) is 31.0 Å². The molecule has 0 amide bonds. The van der Waals surface area contributed by atoms with Gasteiger partial charge in [0.25, 0.3) is 0 Å². The van der Waals surface area contributed by atoms with E-state index in [1.54, 1.807) is 4.68 Å². The van der Waals surface area contributed by atoms with Crippen LogP contribution in [0.15, 0.2) is 24.3 Å². The Morgan fingerprint density at radius 2 is 1.90 bits per heavy atom. The average molecular weight is 294 g/mol. The molecule has 0 unspecified atom stereocenters. The van der Waals surface area contributed by atoms with Crippen LogP contribution in [0, 0.1) is 11.3 Å². The van der Waals surface area contributed by atoms with Crippen molar-refractivity contribution in [3.63, 3.8) is 0 Å². The number of nitrogens with zero attached hydrogens (tertiary/aromatic N) is 4. The third-order valence-electron chi connectivity index (χ3n) is 3.05. The van der Waals surface area contributed by atoms with E-state index in [2.05, 4.69) is 10.3 Å². The van der Waals surface area contributed by atoms with Crippen LogP contribution in [0.5, 0.6) is 0 Å². The smallest absolute Gasteiger partial charge is 0.243 e. The van der Waals surface area contributed by atoms with Crippen LogP contribution in [0.4, 0.5) is 13.2 Å². The van der Waals surface area contributed by atoms with Gasteiger partial charge in [-0.1, -0.05) is 30.7 Å². The van der Waals surface area contributed by atoms with E-state index in [4.69, 9.17) is 5.26 Å². The number of benzene rings is 1. The Labute approximate surface area is 119 Å². The fourth-order valence-corrected chi connectivity index (χ4v) is 1.96. The maximum atomic E-state index is 12.6. The van der Waals surface area contributed by atoms with E-state index in [1.807, 2.05) is 13.0 Å². The van der Waals surface area contributed by atoms with Crippen LogP contribution in [0.25, 0.3) is 11.3 Å². The lowest BCUT2D eigenvalue weighted by Gasteiger charge is -2.09. The molecule has 0 saturated carbocycles. The van der Waals surface area contributed by atoms with Gasteiger partial charge in [-0.2, -0.15) is 18.4 Å². The number of alkyl halides is 3. The number of rotatable bonds is 4. The first-order valence-corrected chi connectivity index (χ1v) is 6.48. The molecule has 1 heterocycles. The summed E-state index contributed by atoms with van der Waals surface area (Å²) < 4.78 is 39.3. The zero-order valence-electron chi connectivity index (χ0n) is 11.4. The summed E-state index contributed by atoms with van der Waals surface area (Å²) in [5, 5.41) is 16.7. The van der Waals surface area contributed by atoms with Gasteiger partial charge in [-0.3, -0.25) is 0 Å². The second kappa shape index (κ2) is 5.95. The van der Waals surface area contributed by atoms with Crippen molar-refractivity contribution in [1.82, 2.24) is 15.0 Å². The summed E-state index contributed by atoms with van der Waals surface area (Å²) in [4.78, 5) is 0. The van der Waals surface area contributed by atoms with E-state index in [-0.39, 0.29) is 5.69 Å². The maximum absolute atomic E-state index is 12.6. The summed E-state index contributed by atoms with van der Waals surface area (Å²) in [7, 11) is 0. The predicted molar refractivity (Wildman–Crippen MR) is 70.1 cm³/mol. The maximum Gasteiger partial charge on any atom is 0.416 e. The monoisotopic (exact) mass is 294 g/mol. The Morgan fingerprint density at radius 1 is 1.24 bits per heavy atom. The second-order valence-electron chi connectivity index (χ2n) is 4.55. The normalized spacial score (nSPS) is 11.4. The van der Waals surface area contributed by atoms with Gasteiger partial charge >= 0.3 is 6.18 Å². The first kappa shape index (κ1) is 15.0. The average Bonchev–Trinajstić information content (AvgIpc) is 2.87. The van der Waals surface area contributed by atoms with Gasteiger partial charge in [-0.25, -0.2) is 4.68 Å². The molecule has 2 aromatic rings. The van der Waals surface area contributed by atoms with Gasteiger partial charge in [-0.05, 0) is 18.6 Å². The molecule has 110 valence electrons. The Morgan fingerprint density at radius 3 is 2.43 bits per heavy atom. The lowest BCUT2D eigenvalue weighted by Crippen LogP contribution is -2.05. The van der Waals surface area contributed by atoms with Crippen LogP contribution in [0.3, 0.4) is 0 Å². The summed E-state index contributed by atoms with van der Waals surface area (Å²) >= 11 is 0. The molecule has 0 aliphatic rings. The van der Waals surface area contributed by atoms with Crippen molar-refractivity contribution in [2.75, 3.05) is 0 Å². The molecule has 0 fully saturated rings. The van der Waals surface area contributed by atoms with Gasteiger partial charge in [0.2, 0.25) is 0 Å². The number of nitriles is 1. The zero-order chi connectivity index (χ0) is 15.5. The van der Waals surface area contributed by atoms with Crippen LogP contribution >= 0.6 is 0 Å². The van der Waals surface area contributed by atoms with E-state index >= 15 is 0 Å². The Hall–Kier alpha value is -2.36. The van der Waals surface area contributed by atoms with Gasteiger partial charge < -0.3 is 0 Å². The molecule has 21 heavy (non-hydrogen) atoms.